The topological polar surface area (TPSA) is 70.1 Å². The SMILES string of the molecule is C#CCn1nc(-c2ccccc2OC)c(C=O)c1N. The Bertz CT molecular complexity index is 653. The van der Waals surface area contributed by atoms with E-state index in [9.17, 15) is 4.79 Å². The first-order chi connectivity index (χ1) is 9.22. The minimum absolute atomic E-state index is 0.210. The first kappa shape index (κ1) is 12.7. The number of methoxy groups -OCH3 is 1. The highest BCUT2D eigenvalue weighted by atomic mass is 16.5. The molecule has 0 unspecified atom stereocenters. The molecule has 0 atom stereocenters. The summed E-state index contributed by atoms with van der Waals surface area (Å²) in [6.07, 6.45) is 5.92. The number of aldehydes is 1. The number of nitrogens with zero attached hydrogens (tertiary/aromatic N) is 2. The Labute approximate surface area is 111 Å². The summed E-state index contributed by atoms with van der Waals surface area (Å²) in [5.74, 6) is 3.32. The number of ether oxygens (including phenoxy) is 1. The van der Waals surface area contributed by atoms with E-state index >= 15 is 0 Å². The van der Waals surface area contributed by atoms with Crippen LogP contribution in [0, 0.1) is 12.3 Å². The van der Waals surface area contributed by atoms with Crippen LogP contribution in [0.5, 0.6) is 5.75 Å². The predicted molar refractivity (Wildman–Crippen MR) is 72.8 cm³/mol. The molecule has 0 aliphatic rings. The number of para-hydroxylation sites is 1. The summed E-state index contributed by atoms with van der Waals surface area (Å²) in [5.41, 5.74) is 7.36. The van der Waals surface area contributed by atoms with Crippen LogP contribution in [0.3, 0.4) is 0 Å². The van der Waals surface area contributed by atoms with Crippen molar-refractivity contribution in [2.24, 2.45) is 0 Å². The Morgan fingerprint density at radius 2 is 2.26 bits per heavy atom. The van der Waals surface area contributed by atoms with Gasteiger partial charge < -0.3 is 10.5 Å². The van der Waals surface area contributed by atoms with Crippen LogP contribution < -0.4 is 10.5 Å². The van der Waals surface area contributed by atoms with Crippen LogP contribution in [0.15, 0.2) is 24.3 Å². The predicted octanol–water partition coefficient (Wildman–Crippen LogP) is 1.59. The Hall–Kier alpha value is -2.74. The second-order valence-corrected chi connectivity index (χ2v) is 3.83. The van der Waals surface area contributed by atoms with Crippen molar-refractivity contribution in [1.29, 1.82) is 0 Å². The summed E-state index contributed by atoms with van der Waals surface area (Å²) in [5, 5.41) is 4.29. The van der Waals surface area contributed by atoms with E-state index < -0.39 is 0 Å². The monoisotopic (exact) mass is 255 g/mol. The number of nitrogens with two attached hydrogens (primary N) is 1. The van der Waals surface area contributed by atoms with E-state index in [2.05, 4.69) is 11.0 Å². The lowest BCUT2D eigenvalue weighted by Crippen LogP contribution is -2.03. The second-order valence-electron chi connectivity index (χ2n) is 3.83. The van der Waals surface area contributed by atoms with Gasteiger partial charge in [-0.25, -0.2) is 4.68 Å². The van der Waals surface area contributed by atoms with Crippen LogP contribution in [0.1, 0.15) is 10.4 Å². The zero-order chi connectivity index (χ0) is 13.8. The maximum atomic E-state index is 11.2. The lowest BCUT2D eigenvalue weighted by Gasteiger charge is -2.05. The average molecular weight is 255 g/mol. The molecule has 0 radical (unpaired) electrons. The first-order valence-electron chi connectivity index (χ1n) is 5.61. The van der Waals surface area contributed by atoms with Crippen molar-refractivity contribution in [1.82, 2.24) is 9.78 Å². The van der Waals surface area contributed by atoms with Crippen molar-refractivity contribution in [2.45, 2.75) is 6.54 Å². The minimum Gasteiger partial charge on any atom is -0.496 e. The molecule has 19 heavy (non-hydrogen) atoms. The number of nitrogen functional groups attached to an aromatic ring is 1. The Morgan fingerprint density at radius 1 is 1.53 bits per heavy atom. The summed E-state index contributed by atoms with van der Waals surface area (Å²) in [6, 6.07) is 7.28. The number of carbonyl (C=O) groups is 1. The van der Waals surface area contributed by atoms with Gasteiger partial charge in [-0.3, -0.25) is 4.79 Å². The smallest absolute Gasteiger partial charge is 0.156 e. The van der Waals surface area contributed by atoms with Crippen LogP contribution >= 0.6 is 0 Å². The van der Waals surface area contributed by atoms with Gasteiger partial charge in [0, 0.05) is 5.56 Å². The number of carbonyl (C=O) groups excluding carboxylic acids is 1. The highest BCUT2D eigenvalue weighted by Crippen LogP contribution is 2.32. The zero-order valence-corrected chi connectivity index (χ0v) is 10.5. The third-order valence-electron chi connectivity index (χ3n) is 2.75. The third-order valence-corrected chi connectivity index (χ3v) is 2.75. The van der Waals surface area contributed by atoms with E-state index in [1.807, 2.05) is 18.2 Å². The fourth-order valence-electron chi connectivity index (χ4n) is 1.85. The van der Waals surface area contributed by atoms with Crippen LogP contribution in [-0.4, -0.2) is 23.2 Å². The molecule has 0 amide bonds. The van der Waals surface area contributed by atoms with Gasteiger partial charge in [-0.15, -0.1) is 6.42 Å². The molecule has 0 bridgehead atoms. The van der Waals surface area contributed by atoms with Gasteiger partial charge in [0.2, 0.25) is 0 Å². The second kappa shape index (κ2) is 5.27. The molecule has 2 rings (SSSR count). The van der Waals surface area contributed by atoms with Crippen molar-refractivity contribution in [2.75, 3.05) is 12.8 Å². The molecule has 2 N–H and O–H groups in total. The van der Waals surface area contributed by atoms with E-state index in [4.69, 9.17) is 16.9 Å². The highest BCUT2D eigenvalue weighted by Gasteiger charge is 2.18. The summed E-state index contributed by atoms with van der Waals surface area (Å²) in [4.78, 5) is 11.2. The van der Waals surface area contributed by atoms with Crippen molar-refractivity contribution in [3.05, 3.63) is 29.8 Å². The largest absolute Gasteiger partial charge is 0.496 e. The normalized spacial score (nSPS) is 9.89. The Balaban J connectivity index is 2.65. The molecule has 0 saturated heterocycles. The van der Waals surface area contributed by atoms with Gasteiger partial charge in [-0.1, -0.05) is 18.1 Å². The highest BCUT2D eigenvalue weighted by molar-refractivity contribution is 5.92. The molecular weight excluding hydrogens is 242 g/mol. The molecule has 1 aromatic carbocycles. The molecule has 0 fully saturated rings. The molecule has 0 aliphatic carbocycles. The molecule has 0 saturated carbocycles. The fourth-order valence-corrected chi connectivity index (χ4v) is 1.85. The summed E-state index contributed by atoms with van der Waals surface area (Å²) < 4.78 is 6.68. The number of hydrogen-bond donors (Lipinski definition) is 1. The molecular formula is C14H13N3O2. The lowest BCUT2D eigenvalue weighted by molar-refractivity contribution is 0.112. The van der Waals surface area contributed by atoms with Crippen LogP contribution in [0.25, 0.3) is 11.3 Å². The van der Waals surface area contributed by atoms with Crippen LogP contribution in [0.4, 0.5) is 5.82 Å². The molecule has 5 heteroatoms. The number of aromatic nitrogens is 2. The van der Waals surface area contributed by atoms with E-state index in [1.54, 1.807) is 13.2 Å². The van der Waals surface area contributed by atoms with Gasteiger partial charge in [0.1, 0.15) is 23.8 Å². The van der Waals surface area contributed by atoms with E-state index in [0.717, 1.165) is 0 Å². The number of rotatable bonds is 4. The van der Waals surface area contributed by atoms with Crippen molar-refractivity contribution in [3.8, 4) is 29.4 Å². The van der Waals surface area contributed by atoms with Gasteiger partial charge in [0.15, 0.2) is 6.29 Å². The quantitative estimate of drug-likeness (QED) is 0.665. The number of anilines is 1. The third kappa shape index (κ3) is 2.16. The maximum absolute atomic E-state index is 11.2. The van der Waals surface area contributed by atoms with Crippen LogP contribution in [-0.2, 0) is 6.54 Å². The summed E-state index contributed by atoms with van der Waals surface area (Å²) >= 11 is 0. The summed E-state index contributed by atoms with van der Waals surface area (Å²) in [6.45, 7) is 0.210. The van der Waals surface area contributed by atoms with Crippen molar-refractivity contribution in [3.63, 3.8) is 0 Å². The van der Waals surface area contributed by atoms with Gasteiger partial charge >= 0.3 is 0 Å². The standard InChI is InChI=1S/C14H13N3O2/c1-3-8-17-14(15)11(9-18)13(16-17)10-6-4-5-7-12(10)19-2/h1,4-7,9H,8,15H2,2H3. The molecule has 96 valence electrons. The van der Waals surface area contributed by atoms with Crippen molar-refractivity contribution < 1.29 is 9.53 Å². The van der Waals surface area contributed by atoms with Gasteiger partial charge in [0.05, 0.1) is 12.7 Å². The molecule has 1 aromatic heterocycles. The molecule has 5 nitrogen and oxygen atoms in total. The first-order valence-corrected chi connectivity index (χ1v) is 5.61. The average Bonchev–Trinajstić information content (AvgIpc) is 2.75. The van der Waals surface area contributed by atoms with E-state index in [-0.39, 0.29) is 12.4 Å². The fraction of sp³-hybridized carbons (Fsp3) is 0.143. The van der Waals surface area contributed by atoms with E-state index in [0.29, 0.717) is 28.9 Å². The maximum Gasteiger partial charge on any atom is 0.156 e. The Morgan fingerprint density at radius 3 is 2.89 bits per heavy atom. The van der Waals surface area contributed by atoms with Gasteiger partial charge in [-0.2, -0.15) is 5.10 Å². The van der Waals surface area contributed by atoms with Crippen LogP contribution in [0.2, 0.25) is 0 Å². The van der Waals surface area contributed by atoms with Crippen molar-refractivity contribution >= 4 is 12.1 Å². The van der Waals surface area contributed by atoms with E-state index in [1.165, 1.54) is 4.68 Å². The summed E-state index contributed by atoms with van der Waals surface area (Å²) in [7, 11) is 1.56. The number of hydrogen-bond acceptors (Lipinski definition) is 4. The Kier molecular flexibility index (Phi) is 3.53. The zero-order valence-electron chi connectivity index (χ0n) is 10.5. The molecule has 0 spiro atoms. The number of terminal acetylenes is 1. The minimum atomic E-state index is 0.210. The molecule has 0 aliphatic heterocycles. The molecule has 1 heterocycles. The van der Waals surface area contributed by atoms with Gasteiger partial charge in [-0.05, 0) is 12.1 Å². The molecule has 2 aromatic rings. The lowest BCUT2D eigenvalue weighted by atomic mass is 10.1. The number of benzene rings is 1. The van der Waals surface area contributed by atoms with Gasteiger partial charge in [0.25, 0.3) is 0 Å².